The van der Waals surface area contributed by atoms with Crippen LogP contribution in [0.2, 0.25) is 0 Å². The van der Waals surface area contributed by atoms with Gasteiger partial charge in [-0.05, 0) is 61.8 Å². The molecule has 5 nitrogen and oxygen atoms in total. The first-order valence-electron chi connectivity index (χ1n) is 9.56. The molecule has 2 bridgehead atoms. The Kier molecular flexibility index (Phi) is 4.59. The molecule has 3 aliphatic carbocycles. The van der Waals surface area contributed by atoms with E-state index in [0.29, 0.717) is 26.2 Å². The van der Waals surface area contributed by atoms with Crippen molar-refractivity contribution in [1.29, 1.82) is 0 Å². The number of carboxylic acids is 1. The van der Waals surface area contributed by atoms with Crippen LogP contribution in [0.25, 0.3) is 0 Å². The monoisotopic (exact) mass is 360 g/mol. The van der Waals surface area contributed by atoms with Gasteiger partial charge in [0.15, 0.2) is 0 Å². The van der Waals surface area contributed by atoms with Gasteiger partial charge in [-0.1, -0.05) is 0 Å². The molecule has 26 heavy (non-hydrogen) atoms. The fourth-order valence-corrected chi connectivity index (χ4v) is 5.21. The van der Waals surface area contributed by atoms with Crippen molar-refractivity contribution < 1.29 is 19.1 Å². The first kappa shape index (κ1) is 17.3. The zero-order valence-electron chi connectivity index (χ0n) is 14.8. The highest BCUT2D eigenvalue weighted by Gasteiger charge is 2.51. The summed E-state index contributed by atoms with van der Waals surface area (Å²) in [5, 5.41) is 9.68. The highest BCUT2D eigenvalue weighted by Crippen LogP contribution is 2.49. The highest BCUT2D eigenvalue weighted by molar-refractivity contribution is 5.86. The lowest BCUT2D eigenvalue weighted by atomic mass is 9.58. The van der Waals surface area contributed by atoms with Gasteiger partial charge in [0.2, 0.25) is 5.91 Å². The standard InChI is InChI=1S/C20H25FN2O3/c21-15-5-7-16(8-6-15)22-9-11-23(12-10-22)19(24)17-13-1-3-14(4-2-13)18(17)20(25)26/h5-8,13-14,17-18H,1-4,9-12H2,(H,25,26)/t13?,14?,17-,18+/m0/s1. The van der Waals surface area contributed by atoms with Crippen LogP contribution in [0.4, 0.5) is 10.1 Å². The Morgan fingerprint density at radius 1 is 0.885 bits per heavy atom. The number of hydrogen-bond donors (Lipinski definition) is 1. The van der Waals surface area contributed by atoms with E-state index in [1.807, 2.05) is 4.90 Å². The molecule has 140 valence electrons. The number of carbonyl (C=O) groups is 2. The second kappa shape index (κ2) is 6.89. The van der Waals surface area contributed by atoms with Crippen molar-refractivity contribution in [2.24, 2.45) is 23.7 Å². The Hall–Kier alpha value is -2.11. The maximum absolute atomic E-state index is 13.1. The minimum Gasteiger partial charge on any atom is -0.481 e. The molecule has 1 aromatic rings. The summed E-state index contributed by atoms with van der Waals surface area (Å²) in [6, 6.07) is 6.41. The summed E-state index contributed by atoms with van der Waals surface area (Å²) in [5.41, 5.74) is 0.957. The van der Waals surface area contributed by atoms with E-state index < -0.39 is 11.9 Å². The molecule has 3 saturated carbocycles. The molecule has 6 heteroatoms. The van der Waals surface area contributed by atoms with E-state index in [-0.39, 0.29) is 29.5 Å². The van der Waals surface area contributed by atoms with Crippen LogP contribution in [0.15, 0.2) is 24.3 Å². The molecule has 0 spiro atoms. The van der Waals surface area contributed by atoms with Gasteiger partial charge in [0.1, 0.15) is 5.82 Å². The number of piperazine rings is 1. The average molecular weight is 360 g/mol. The van der Waals surface area contributed by atoms with Crippen molar-refractivity contribution in [2.75, 3.05) is 31.1 Å². The smallest absolute Gasteiger partial charge is 0.307 e. The first-order valence-corrected chi connectivity index (χ1v) is 9.56. The Balaban J connectivity index is 1.43. The Morgan fingerprint density at radius 2 is 1.42 bits per heavy atom. The number of anilines is 1. The third kappa shape index (κ3) is 3.06. The second-order valence-electron chi connectivity index (χ2n) is 7.85. The lowest BCUT2D eigenvalue weighted by Crippen LogP contribution is -2.56. The van der Waals surface area contributed by atoms with Crippen molar-refractivity contribution in [3.05, 3.63) is 30.1 Å². The summed E-state index contributed by atoms with van der Waals surface area (Å²) in [6.45, 7) is 2.57. The largest absolute Gasteiger partial charge is 0.481 e. The second-order valence-corrected chi connectivity index (χ2v) is 7.85. The van der Waals surface area contributed by atoms with Crippen LogP contribution in [0.1, 0.15) is 25.7 Å². The zero-order chi connectivity index (χ0) is 18.3. The van der Waals surface area contributed by atoms with E-state index in [4.69, 9.17) is 0 Å². The van der Waals surface area contributed by atoms with Gasteiger partial charge in [-0.3, -0.25) is 9.59 Å². The van der Waals surface area contributed by atoms with Crippen LogP contribution < -0.4 is 4.90 Å². The Morgan fingerprint density at radius 3 is 1.96 bits per heavy atom. The predicted molar refractivity (Wildman–Crippen MR) is 95.3 cm³/mol. The lowest BCUT2D eigenvalue weighted by Gasteiger charge is -2.48. The molecule has 0 aromatic heterocycles. The predicted octanol–water partition coefficient (Wildman–Crippen LogP) is 2.61. The van der Waals surface area contributed by atoms with Gasteiger partial charge in [0.05, 0.1) is 11.8 Å². The molecule has 1 aromatic carbocycles. The summed E-state index contributed by atoms with van der Waals surface area (Å²) in [4.78, 5) is 28.9. The van der Waals surface area contributed by atoms with Crippen LogP contribution in [0, 0.1) is 29.5 Å². The fraction of sp³-hybridized carbons (Fsp3) is 0.600. The van der Waals surface area contributed by atoms with Crippen molar-refractivity contribution in [3.63, 3.8) is 0 Å². The number of fused-ring (bicyclic) bond motifs is 3. The molecule has 0 unspecified atom stereocenters. The van der Waals surface area contributed by atoms with Gasteiger partial charge < -0.3 is 14.9 Å². The van der Waals surface area contributed by atoms with Crippen LogP contribution in [-0.2, 0) is 9.59 Å². The van der Waals surface area contributed by atoms with E-state index in [1.54, 1.807) is 12.1 Å². The third-order valence-electron chi connectivity index (χ3n) is 6.57. The van der Waals surface area contributed by atoms with Gasteiger partial charge in [-0.2, -0.15) is 0 Å². The van der Waals surface area contributed by atoms with Gasteiger partial charge in [-0.25, -0.2) is 4.39 Å². The van der Waals surface area contributed by atoms with Crippen LogP contribution in [-0.4, -0.2) is 48.1 Å². The number of amides is 1. The Labute approximate surface area is 152 Å². The molecule has 1 heterocycles. The van der Waals surface area contributed by atoms with Gasteiger partial charge >= 0.3 is 5.97 Å². The minimum atomic E-state index is -0.803. The van der Waals surface area contributed by atoms with E-state index >= 15 is 0 Å². The van der Waals surface area contributed by atoms with Gasteiger partial charge in [0.25, 0.3) is 0 Å². The zero-order valence-corrected chi connectivity index (χ0v) is 14.8. The van der Waals surface area contributed by atoms with Crippen molar-refractivity contribution in [1.82, 2.24) is 4.90 Å². The normalized spacial score (nSPS) is 31.1. The van der Waals surface area contributed by atoms with E-state index in [0.717, 1.165) is 31.4 Å². The van der Waals surface area contributed by atoms with Gasteiger partial charge in [-0.15, -0.1) is 0 Å². The van der Waals surface area contributed by atoms with E-state index in [9.17, 15) is 19.1 Å². The molecule has 1 aliphatic heterocycles. The summed E-state index contributed by atoms with van der Waals surface area (Å²) >= 11 is 0. The number of benzene rings is 1. The van der Waals surface area contributed by atoms with E-state index in [1.165, 1.54) is 12.1 Å². The average Bonchev–Trinajstić information content (AvgIpc) is 2.68. The molecule has 4 aliphatic rings. The SMILES string of the molecule is O=C(O)[C@@H]1C2CCC(CC2)[C@@H]1C(=O)N1CCN(c2ccc(F)cc2)CC1. The van der Waals surface area contributed by atoms with Crippen molar-refractivity contribution in [2.45, 2.75) is 25.7 Å². The molecular weight excluding hydrogens is 335 g/mol. The number of halogens is 1. The molecular formula is C20H25FN2O3. The van der Waals surface area contributed by atoms with Crippen LogP contribution >= 0.6 is 0 Å². The first-order chi connectivity index (χ1) is 12.5. The quantitative estimate of drug-likeness (QED) is 0.900. The molecule has 4 fully saturated rings. The number of rotatable bonds is 3. The molecule has 2 atom stereocenters. The molecule has 0 radical (unpaired) electrons. The van der Waals surface area contributed by atoms with E-state index in [2.05, 4.69) is 4.90 Å². The lowest BCUT2D eigenvalue weighted by molar-refractivity contribution is -0.162. The summed E-state index contributed by atoms with van der Waals surface area (Å²) in [5.74, 6) is -1.50. The molecule has 1 N–H and O–H groups in total. The number of hydrogen-bond acceptors (Lipinski definition) is 3. The summed E-state index contributed by atoms with van der Waals surface area (Å²) in [6.07, 6.45) is 3.87. The summed E-state index contributed by atoms with van der Waals surface area (Å²) in [7, 11) is 0. The van der Waals surface area contributed by atoms with Gasteiger partial charge in [0, 0.05) is 31.9 Å². The minimum absolute atomic E-state index is 0.0329. The maximum Gasteiger partial charge on any atom is 0.307 e. The Bertz CT molecular complexity index is 677. The number of nitrogens with zero attached hydrogens (tertiary/aromatic N) is 2. The summed E-state index contributed by atoms with van der Waals surface area (Å²) < 4.78 is 13.1. The number of carboxylic acid groups (broad SMARTS) is 1. The highest BCUT2D eigenvalue weighted by atomic mass is 19.1. The fourth-order valence-electron chi connectivity index (χ4n) is 5.21. The van der Waals surface area contributed by atoms with Crippen molar-refractivity contribution >= 4 is 17.6 Å². The number of aliphatic carboxylic acids is 1. The molecule has 1 amide bonds. The third-order valence-corrected chi connectivity index (χ3v) is 6.57. The number of carbonyl (C=O) groups excluding carboxylic acids is 1. The molecule has 1 saturated heterocycles. The van der Waals surface area contributed by atoms with Crippen molar-refractivity contribution in [3.8, 4) is 0 Å². The van der Waals surface area contributed by atoms with Crippen LogP contribution in [0.3, 0.4) is 0 Å². The van der Waals surface area contributed by atoms with Crippen LogP contribution in [0.5, 0.6) is 0 Å². The molecule has 5 rings (SSSR count). The maximum atomic E-state index is 13.1. The topological polar surface area (TPSA) is 60.9 Å².